The summed E-state index contributed by atoms with van der Waals surface area (Å²) in [5.41, 5.74) is 3.00. The minimum Gasteiger partial charge on any atom is -0.272 e. The fourth-order valence-corrected chi connectivity index (χ4v) is 4.06. The van der Waals surface area contributed by atoms with Gasteiger partial charge in [0.2, 0.25) is 10.0 Å². The van der Waals surface area contributed by atoms with Crippen molar-refractivity contribution in [2.75, 3.05) is 6.54 Å². The van der Waals surface area contributed by atoms with Crippen LogP contribution in [0.5, 0.6) is 0 Å². The quantitative estimate of drug-likeness (QED) is 0.495. The summed E-state index contributed by atoms with van der Waals surface area (Å²) in [7, 11) is -4.11. The Balaban J connectivity index is 1.59. The number of alkyl halides is 3. The van der Waals surface area contributed by atoms with Gasteiger partial charge in [0, 0.05) is 5.56 Å². The molecular weight excluding hydrogens is 447 g/mol. The first-order valence-electron chi connectivity index (χ1n) is 8.05. The van der Waals surface area contributed by atoms with Gasteiger partial charge in [0.15, 0.2) is 0 Å². The van der Waals surface area contributed by atoms with Gasteiger partial charge in [-0.25, -0.2) is 13.1 Å². The molecule has 3 aromatic rings. The number of hydrazine groups is 1. The number of carbonyl (C=O) groups is 2. The second kappa shape index (κ2) is 8.33. The van der Waals surface area contributed by atoms with Gasteiger partial charge >= 0.3 is 6.18 Å². The van der Waals surface area contributed by atoms with Gasteiger partial charge in [0.25, 0.3) is 11.8 Å². The van der Waals surface area contributed by atoms with Crippen LogP contribution in [0.1, 0.15) is 15.9 Å². The molecule has 2 amide bonds. The number of carbonyl (C=O) groups excluding carboxylic acids is 2. The van der Waals surface area contributed by atoms with Crippen LogP contribution in [0.15, 0.2) is 47.4 Å². The average Bonchev–Trinajstić information content (AvgIpc) is 3.18. The monoisotopic (exact) mass is 459 g/mol. The molecule has 0 saturated heterocycles. The number of nitrogens with zero attached hydrogens (tertiary/aromatic N) is 2. The number of fused-ring (bicyclic) bond motifs is 1. The smallest absolute Gasteiger partial charge is 0.272 e. The van der Waals surface area contributed by atoms with E-state index in [2.05, 4.69) is 8.75 Å². The summed E-state index contributed by atoms with van der Waals surface area (Å²) in [6, 6.07) is 7.92. The molecule has 2 aromatic carbocycles. The molecule has 0 aliphatic rings. The molecule has 0 aliphatic carbocycles. The lowest BCUT2D eigenvalue weighted by atomic mass is 10.1. The first-order valence-corrected chi connectivity index (χ1v) is 10.3. The molecule has 0 spiro atoms. The van der Waals surface area contributed by atoms with Crippen molar-refractivity contribution in [3.8, 4) is 0 Å². The number of halogens is 3. The molecule has 1 heterocycles. The molecule has 158 valence electrons. The minimum atomic E-state index is -4.63. The van der Waals surface area contributed by atoms with Crippen molar-refractivity contribution in [2.24, 2.45) is 0 Å². The van der Waals surface area contributed by atoms with E-state index in [1.165, 1.54) is 12.1 Å². The zero-order chi connectivity index (χ0) is 21.9. The van der Waals surface area contributed by atoms with Crippen LogP contribution < -0.4 is 15.6 Å². The largest absolute Gasteiger partial charge is 0.416 e. The van der Waals surface area contributed by atoms with E-state index in [0.717, 1.165) is 29.9 Å². The van der Waals surface area contributed by atoms with E-state index in [1.807, 2.05) is 15.6 Å². The molecule has 3 N–H and O–H groups in total. The van der Waals surface area contributed by atoms with Crippen LogP contribution in [-0.4, -0.2) is 35.5 Å². The van der Waals surface area contributed by atoms with Gasteiger partial charge in [-0.3, -0.25) is 20.4 Å². The number of benzene rings is 2. The summed E-state index contributed by atoms with van der Waals surface area (Å²) in [5.74, 6) is -1.95. The lowest BCUT2D eigenvalue weighted by Gasteiger charge is -2.11. The predicted molar refractivity (Wildman–Crippen MR) is 99.7 cm³/mol. The summed E-state index contributed by atoms with van der Waals surface area (Å²) in [4.78, 5) is 23.6. The molecule has 0 aliphatic heterocycles. The van der Waals surface area contributed by atoms with E-state index in [0.29, 0.717) is 11.6 Å². The molecule has 0 fully saturated rings. The number of nitrogens with one attached hydrogen (secondary N) is 3. The van der Waals surface area contributed by atoms with Crippen LogP contribution in [0.2, 0.25) is 0 Å². The second-order valence-electron chi connectivity index (χ2n) is 5.79. The summed E-state index contributed by atoms with van der Waals surface area (Å²) in [6.45, 7) is -0.737. The maximum absolute atomic E-state index is 12.7. The topological polar surface area (TPSA) is 130 Å². The van der Waals surface area contributed by atoms with Crippen molar-refractivity contribution in [2.45, 2.75) is 11.1 Å². The Bertz CT molecular complexity index is 1210. The van der Waals surface area contributed by atoms with E-state index in [1.54, 1.807) is 6.07 Å². The molecule has 9 nitrogen and oxygen atoms in total. The highest BCUT2D eigenvalue weighted by atomic mass is 32.2. The lowest BCUT2D eigenvalue weighted by molar-refractivity contribution is -0.137. The van der Waals surface area contributed by atoms with E-state index in [9.17, 15) is 31.2 Å². The zero-order valence-corrected chi connectivity index (χ0v) is 16.4. The predicted octanol–water partition coefficient (Wildman–Crippen LogP) is 1.45. The van der Waals surface area contributed by atoms with Gasteiger partial charge in [-0.2, -0.15) is 21.9 Å². The van der Waals surface area contributed by atoms with Gasteiger partial charge in [-0.1, -0.05) is 12.1 Å². The molecule has 0 radical (unpaired) electrons. The molecule has 1 aromatic heterocycles. The van der Waals surface area contributed by atoms with Crippen LogP contribution in [0, 0.1) is 0 Å². The summed E-state index contributed by atoms with van der Waals surface area (Å²) in [5, 5.41) is 0. The van der Waals surface area contributed by atoms with Crippen molar-refractivity contribution >= 4 is 44.6 Å². The number of hydrogen-bond donors (Lipinski definition) is 3. The Morgan fingerprint density at radius 2 is 1.77 bits per heavy atom. The Morgan fingerprint density at radius 1 is 1.03 bits per heavy atom. The first-order chi connectivity index (χ1) is 14.1. The molecule has 14 heteroatoms. The fraction of sp³-hybridized carbons (Fsp3) is 0.125. The summed E-state index contributed by atoms with van der Waals surface area (Å²) in [6.07, 6.45) is -4.63. The van der Waals surface area contributed by atoms with Gasteiger partial charge in [0.05, 0.1) is 23.8 Å². The SMILES string of the molecule is O=C(CNS(=O)(=O)c1cccc2nsnc12)NNC(=O)c1cccc(C(F)(F)F)c1. The number of amides is 2. The zero-order valence-electron chi connectivity index (χ0n) is 14.7. The van der Waals surface area contributed by atoms with E-state index in [4.69, 9.17) is 0 Å². The van der Waals surface area contributed by atoms with Gasteiger partial charge in [-0.05, 0) is 30.3 Å². The number of sulfonamides is 1. The molecule has 0 saturated carbocycles. The second-order valence-corrected chi connectivity index (χ2v) is 8.06. The molecule has 0 atom stereocenters. The summed E-state index contributed by atoms with van der Waals surface area (Å²) >= 11 is 0.830. The molecule has 3 rings (SSSR count). The number of hydrogen-bond acceptors (Lipinski definition) is 7. The van der Waals surface area contributed by atoms with Crippen molar-refractivity contribution in [1.29, 1.82) is 0 Å². The van der Waals surface area contributed by atoms with E-state index < -0.39 is 40.1 Å². The third-order valence-corrected chi connectivity index (χ3v) is 5.70. The minimum absolute atomic E-state index is 0.147. The fourth-order valence-electron chi connectivity index (χ4n) is 2.32. The number of rotatable bonds is 5. The Kier molecular flexibility index (Phi) is 6.00. The Morgan fingerprint density at radius 3 is 2.50 bits per heavy atom. The lowest BCUT2D eigenvalue weighted by Crippen LogP contribution is -2.46. The molecular formula is C16H12F3N5O4S2. The first kappa shape index (κ1) is 21.6. The van der Waals surface area contributed by atoms with Crippen LogP contribution in [0.25, 0.3) is 11.0 Å². The maximum Gasteiger partial charge on any atom is 0.416 e. The van der Waals surface area contributed by atoms with Crippen molar-refractivity contribution in [3.63, 3.8) is 0 Å². The Labute approximate surface area is 171 Å². The third-order valence-electron chi connectivity index (χ3n) is 3.73. The normalized spacial score (nSPS) is 12.0. The highest BCUT2D eigenvalue weighted by Crippen LogP contribution is 2.29. The van der Waals surface area contributed by atoms with Crippen molar-refractivity contribution in [3.05, 3.63) is 53.6 Å². The molecule has 0 unspecified atom stereocenters. The Hall–Kier alpha value is -3.10. The van der Waals surface area contributed by atoms with Crippen molar-refractivity contribution in [1.82, 2.24) is 24.3 Å². The van der Waals surface area contributed by atoms with E-state index >= 15 is 0 Å². The van der Waals surface area contributed by atoms with Gasteiger partial charge in [-0.15, -0.1) is 0 Å². The highest BCUT2D eigenvalue weighted by Gasteiger charge is 2.31. The van der Waals surface area contributed by atoms with Crippen molar-refractivity contribution < 1.29 is 31.2 Å². The summed E-state index contributed by atoms with van der Waals surface area (Å²) < 4.78 is 72.8. The number of aromatic nitrogens is 2. The van der Waals surface area contributed by atoms with Crippen LogP contribution in [0.3, 0.4) is 0 Å². The van der Waals surface area contributed by atoms with Crippen LogP contribution >= 0.6 is 11.7 Å². The standard InChI is InChI=1S/C16H12F3N5O4S2/c17-16(18,19)10-4-1-3-9(7-10)15(26)22-21-13(25)8-20-30(27,28)12-6-2-5-11-14(12)24-29-23-11/h1-7,20H,8H2,(H,21,25)(H,22,26). The van der Waals surface area contributed by atoms with E-state index in [-0.39, 0.29) is 16.0 Å². The van der Waals surface area contributed by atoms with Gasteiger partial charge in [0.1, 0.15) is 15.9 Å². The maximum atomic E-state index is 12.7. The highest BCUT2D eigenvalue weighted by molar-refractivity contribution is 7.89. The molecule has 0 bridgehead atoms. The average molecular weight is 459 g/mol. The molecule has 30 heavy (non-hydrogen) atoms. The van der Waals surface area contributed by atoms with Crippen LogP contribution in [-0.2, 0) is 21.0 Å². The third kappa shape index (κ3) is 4.90. The van der Waals surface area contributed by atoms with Gasteiger partial charge < -0.3 is 0 Å². The van der Waals surface area contributed by atoms with Crippen LogP contribution in [0.4, 0.5) is 13.2 Å².